The van der Waals surface area contributed by atoms with E-state index in [0.717, 1.165) is 76.5 Å². The highest BCUT2D eigenvalue weighted by Crippen LogP contribution is 2.39. The third kappa shape index (κ3) is 4.84. The molecule has 1 aliphatic heterocycles. The lowest BCUT2D eigenvalue weighted by Crippen LogP contribution is -2.36. The zero-order valence-corrected chi connectivity index (χ0v) is 20.1. The Morgan fingerprint density at radius 2 is 2.00 bits per heavy atom. The van der Waals surface area contributed by atoms with Crippen molar-refractivity contribution < 1.29 is 0 Å². The van der Waals surface area contributed by atoms with Gasteiger partial charge in [0.2, 0.25) is 0 Å². The number of benzene rings is 1. The van der Waals surface area contributed by atoms with E-state index >= 15 is 0 Å². The molecule has 0 aliphatic carbocycles. The number of nitrogens with one attached hydrogen (secondary N) is 1. The molecule has 1 aromatic carbocycles. The number of hydrogen-bond donors (Lipinski definition) is 1. The van der Waals surface area contributed by atoms with Gasteiger partial charge < -0.3 is 4.90 Å². The maximum atomic E-state index is 6.14. The van der Waals surface area contributed by atoms with Crippen molar-refractivity contribution in [3.05, 3.63) is 45.8 Å². The molecule has 1 atom stereocenters. The highest BCUT2D eigenvalue weighted by atomic mass is 79.9. The smallest absolute Gasteiger partial charge is 0.161 e. The second kappa shape index (κ2) is 9.71. The summed E-state index contributed by atoms with van der Waals surface area (Å²) in [4.78, 5) is 12.3. The van der Waals surface area contributed by atoms with Crippen molar-refractivity contribution in [2.75, 3.05) is 18.0 Å². The number of nitrogens with zero attached hydrogens (tertiary/aromatic N) is 4. The molecule has 3 aromatic rings. The predicted molar refractivity (Wildman–Crippen MR) is 131 cm³/mol. The number of anilines is 1. The number of aromatic nitrogens is 4. The molecule has 0 bridgehead atoms. The SMILES string of the molecule is CC(=S)CCCC(c1ccc(Cl)cc1)C1CCN(c2ncnc3[nH]nc(Br)c23)CC1. The second-order valence-electron chi connectivity index (χ2n) is 8.01. The molecular weight excluding hydrogens is 482 g/mol. The van der Waals surface area contributed by atoms with Crippen LogP contribution in [0.3, 0.4) is 0 Å². The quantitative estimate of drug-likeness (QED) is 0.379. The zero-order chi connectivity index (χ0) is 21.1. The van der Waals surface area contributed by atoms with Gasteiger partial charge in [0, 0.05) is 18.1 Å². The Morgan fingerprint density at radius 1 is 1.27 bits per heavy atom. The summed E-state index contributed by atoms with van der Waals surface area (Å²) in [6.07, 6.45) is 7.18. The van der Waals surface area contributed by atoms with Gasteiger partial charge in [-0.05, 0) is 89.4 Å². The fourth-order valence-electron chi connectivity index (χ4n) is 4.52. The molecule has 0 spiro atoms. The average Bonchev–Trinajstić information content (AvgIpc) is 3.13. The van der Waals surface area contributed by atoms with E-state index in [-0.39, 0.29) is 0 Å². The van der Waals surface area contributed by atoms with Crippen molar-refractivity contribution in [3.63, 3.8) is 0 Å². The maximum absolute atomic E-state index is 6.14. The largest absolute Gasteiger partial charge is 0.356 e. The van der Waals surface area contributed by atoms with Crippen LogP contribution in [0.5, 0.6) is 0 Å². The molecule has 1 unspecified atom stereocenters. The number of hydrogen-bond acceptors (Lipinski definition) is 5. The summed E-state index contributed by atoms with van der Waals surface area (Å²) in [5.41, 5.74) is 2.16. The van der Waals surface area contributed by atoms with Crippen LogP contribution in [0.1, 0.15) is 50.5 Å². The van der Waals surface area contributed by atoms with Gasteiger partial charge in [-0.2, -0.15) is 5.10 Å². The summed E-state index contributed by atoms with van der Waals surface area (Å²) in [6, 6.07) is 8.41. The Morgan fingerprint density at radius 3 is 2.70 bits per heavy atom. The normalized spacial score (nSPS) is 16.2. The van der Waals surface area contributed by atoms with Crippen LogP contribution in [-0.2, 0) is 0 Å². The molecule has 0 amide bonds. The molecule has 1 N–H and O–H groups in total. The lowest BCUT2D eigenvalue weighted by molar-refractivity contribution is 0.323. The topological polar surface area (TPSA) is 57.7 Å². The summed E-state index contributed by atoms with van der Waals surface area (Å²) in [6.45, 7) is 4.00. The maximum Gasteiger partial charge on any atom is 0.161 e. The number of aromatic amines is 1. The van der Waals surface area contributed by atoms with Crippen molar-refractivity contribution in [2.24, 2.45) is 5.92 Å². The van der Waals surface area contributed by atoms with E-state index in [1.54, 1.807) is 6.33 Å². The Balaban J connectivity index is 1.49. The molecule has 1 aliphatic rings. The Labute approximate surface area is 195 Å². The highest BCUT2D eigenvalue weighted by molar-refractivity contribution is 9.10. The molecule has 1 fully saturated rings. The highest BCUT2D eigenvalue weighted by Gasteiger charge is 2.29. The van der Waals surface area contributed by atoms with Crippen LogP contribution in [0.25, 0.3) is 11.0 Å². The number of thiocarbonyl (C=S) groups is 1. The summed E-state index contributed by atoms with van der Waals surface area (Å²) in [7, 11) is 0. The molecule has 8 heteroatoms. The number of rotatable bonds is 7. The third-order valence-corrected chi connectivity index (χ3v) is 7.07. The number of fused-ring (bicyclic) bond motifs is 1. The van der Waals surface area contributed by atoms with Gasteiger partial charge in [-0.3, -0.25) is 5.10 Å². The third-order valence-electron chi connectivity index (χ3n) is 6.04. The van der Waals surface area contributed by atoms with E-state index in [0.29, 0.717) is 11.8 Å². The van der Waals surface area contributed by atoms with Crippen molar-refractivity contribution >= 4 is 61.5 Å². The molecule has 4 rings (SSSR count). The first-order chi connectivity index (χ1) is 14.5. The minimum atomic E-state index is 0.532. The first kappa shape index (κ1) is 21.7. The fourth-order valence-corrected chi connectivity index (χ4v) is 5.24. The second-order valence-corrected chi connectivity index (χ2v) is 9.90. The van der Waals surface area contributed by atoms with E-state index in [1.807, 2.05) is 19.1 Å². The summed E-state index contributed by atoms with van der Waals surface area (Å²) in [5.74, 6) is 2.13. The van der Waals surface area contributed by atoms with Gasteiger partial charge in [0.15, 0.2) is 5.65 Å². The van der Waals surface area contributed by atoms with Crippen LogP contribution in [0.2, 0.25) is 5.02 Å². The molecule has 3 heterocycles. The number of H-pyrrole nitrogens is 1. The lowest BCUT2D eigenvalue weighted by atomic mass is 9.77. The van der Waals surface area contributed by atoms with Crippen molar-refractivity contribution in [1.82, 2.24) is 20.2 Å². The van der Waals surface area contributed by atoms with Crippen LogP contribution in [0.15, 0.2) is 35.2 Å². The van der Waals surface area contributed by atoms with Crippen LogP contribution < -0.4 is 4.90 Å². The van der Waals surface area contributed by atoms with Gasteiger partial charge in [0.1, 0.15) is 16.7 Å². The van der Waals surface area contributed by atoms with Gasteiger partial charge in [0.25, 0.3) is 0 Å². The predicted octanol–water partition coefficient (Wildman–Crippen LogP) is 6.33. The monoisotopic (exact) mass is 505 g/mol. The average molecular weight is 507 g/mol. The molecule has 5 nitrogen and oxygen atoms in total. The standard InChI is InChI=1S/C22H25BrClN5S/c1-14(30)3-2-4-18(15-5-7-17(24)8-6-15)16-9-11-29(12-10-16)22-19-20(23)27-28-21(19)25-13-26-22/h5-8,13,16,18H,2-4,9-12H2,1H3,(H,25,26,27,28). The van der Waals surface area contributed by atoms with Gasteiger partial charge in [-0.1, -0.05) is 36.0 Å². The van der Waals surface area contributed by atoms with Gasteiger partial charge in [0.05, 0.1) is 5.39 Å². The van der Waals surface area contributed by atoms with E-state index in [1.165, 1.54) is 5.56 Å². The van der Waals surface area contributed by atoms with Gasteiger partial charge in [-0.25, -0.2) is 9.97 Å². The Kier molecular flexibility index (Phi) is 7.01. The van der Waals surface area contributed by atoms with E-state index in [4.69, 9.17) is 23.8 Å². The lowest BCUT2D eigenvalue weighted by Gasteiger charge is -2.37. The van der Waals surface area contributed by atoms with E-state index in [2.05, 4.69) is 53.1 Å². The molecule has 0 saturated carbocycles. The molecule has 0 radical (unpaired) electrons. The minimum absolute atomic E-state index is 0.532. The van der Waals surface area contributed by atoms with Gasteiger partial charge >= 0.3 is 0 Å². The van der Waals surface area contributed by atoms with Crippen molar-refractivity contribution in [2.45, 2.75) is 44.9 Å². The summed E-state index contributed by atoms with van der Waals surface area (Å²) in [5, 5.41) is 8.94. The first-order valence-corrected chi connectivity index (χ1v) is 11.9. The summed E-state index contributed by atoms with van der Waals surface area (Å²) < 4.78 is 0.768. The Bertz CT molecular complexity index is 1010. The van der Waals surface area contributed by atoms with Crippen LogP contribution in [-0.4, -0.2) is 38.1 Å². The molecule has 2 aromatic heterocycles. The number of piperidine rings is 1. The van der Waals surface area contributed by atoms with Crippen molar-refractivity contribution in [1.29, 1.82) is 0 Å². The Hall–Kier alpha value is -1.57. The first-order valence-electron chi connectivity index (χ1n) is 10.4. The van der Waals surface area contributed by atoms with Crippen molar-refractivity contribution in [3.8, 4) is 0 Å². The molecule has 30 heavy (non-hydrogen) atoms. The van der Waals surface area contributed by atoms with Crippen LogP contribution >= 0.6 is 39.7 Å². The minimum Gasteiger partial charge on any atom is -0.356 e. The fraction of sp³-hybridized carbons (Fsp3) is 0.455. The van der Waals surface area contributed by atoms with E-state index in [9.17, 15) is 0 Å². The molecule has 158 valence electrons. The summed E-state index contributed by atoms with van der Waals surface area (Å²) >= 11 is 15.0. The van der Waals surface area contributed by atoms with E-state index < -0.39 is 0 Å². The molecule has 1 saturated heterocycles. The molecular formula is C22H25BrClN5S. The van der Waals surface area contributed by atoms with Gasteiger partial charge in [-0.15, -0.1) is 0 Å². The number of halogens is 2. The van der Waals surface area contributed by atoms with Crippen LogP contribution in [0.4, 0.5) is 5.82 Å². The van der Waals surface area contributed by atoms with Crippen LogP contribution in [0, 0.1) is 5.92 Å². The zero-order valence-electron chi connectivity index (χ0n) is 16.9.